The van der Waals surface area contributed by atoms with Gasteiger partial charge in [0.15, 0.2) is 0 Å². The molecule has 0 bridgehead atoms. The summed E-state index contributed by atoms with van der Waals surface area (Å²) in [4.78, 5) is 1.54. The molecule has 1 saturated heterocycles. The Balaban J connectivity index is 1.33. The number of aromatic hydroxyl groups is 1. The first-order chi connectivity index (χ1) is 12.3. The average Bonchev–Trinajstić information content (AvgIpc) is 3.28. The van der Waals surface area contributed by atoms with E-state index in [-0.39, 0.29) is 0 Å². The van der Waals surface area contributed by atoms with Crippen molar-refractivity contribution < 1.29 is 5.11 Å². The van der Waals surface area contributed by atoms with Crippen molar-refractivity contribution in [2.45, 2.75) is 24.9 Å². The highest BCUT2D eigenvalue weighted by molar-refractivity contribution is 7.10. The number of fused-ring (bicyclic) bond motifs is 3. The number of benzene rings is 2. The van der Waals surface area contributed by atoms with Crippen LogP contribution in [-0.2, 0) is 12.8 Å². The predicted octanol–water partition coefficient (Wildman–Crippen LogP) is 4.11. The molecule has 2 aromatic carbocycles. The van der Waals surface area contributed by atoms with Crippen LogP contribution in [0.1, 0.15) is 39.2 Å². The van der Waals surface area contributed by atoms with E-state index in [1.54, 1.807) is 6.07 Å². The van der Waals surface area contributed by atoms with Crippen molar-refractivity contribution in [3.63, 3.8) is 0 Å². The number of phenolic OH excluding ortho intramolecular Hbond substituents is 1. The molecule has 3 atom stereocenters. The van der Waals surface area contributed by atoms with Crippen LogP contribution in [0.2, 0.25) is 0 Å². The van der Waals surface area contributed by atoms with Crippen molar-refractivity contribution in [2.75, 3.05) is 0 Å². The van der Waals surface area contributed by atoms with Crippen LogP contribution >= 0.6 is 11.3 Å². The van der Waals surface area contributed by atoms with Crippen molar-refractivity contribution >= 4 is 11.3 Å². The monoisotopic (exact) mass is 348 g/mol. The number of hydrazine groups is 1. The Morgan fingerprint density at radius 3 is 2.64 bits per heavy atom. The molecule has 2 aliphatic rings. The Kier molecular flexibility index (Phi) is 3.63. The number of thiophene rings is 1. The zero-order valence-electron chi connectivity index (χ0n) is 13.8. The van der Waals surface area contributed by atoms with Crippen LogP contribution in [0.3, 0.4) is 0 Å². The van der Waals surface area contributed by atoms with Crippen molar-refractivity contribution in [1.82, 2.24) is 10.9 Å². The smallest absolute Gasteiger partial charge is 0.115 e. The maximum absolute atomic E-state index is 9.61. The number of rotatable bonds is 3. The molecule has 1 fully saturated rings. The fraction of sp³-hybridized carbons (Fsp3) is 0.238. The van der Waals surface area contributed by atoms with Crippen LogP contribution < -0.4 is 10.9 Å². The fourth-order valence-corrected chi connectivity index (χ4v) is 5.21. The Bertz CT molecular complexity index is 902. The summed E-state index contributed by atoms with van der Waals surface area (Å²) in [7, 11) is 0. The third-order valence-corrected chi connectivity index (χ3v) is 6.40. The summed E-state index contributed by atoms with van der Waals surface area (Å²) in [5.74, 6) is 0.925. The van der Waals surface area contributed by atoms with Crippen LogP contribution in [0.25, 0.3) is 0 Å². The molecular formula is C21H20N2OS. The Labute approximate surface area is 151 Å². The largest absolute Gasteiger partial charge is 0.508 e. The number of phenols is 1. The van der Waals surface area contributed by atoms with Crippen molar-refractivity contribution in [1.29, 1.82) is 0 Å². The second kappa shape index (κ2) is 5.99. The number of nitrogens with one attached hydrogen (secondary N) is 2. The first-order valence-corrected chi connectivity index (χ1v) is 9.60. The second-order valence-electron chi connectivity index (χ2n) is 7.00. The molecule has 5 rings (SSSR count). The molecule has 1 aliphatic heterocycles. The van der Waals surface area contributed by atoms with Gasteiger partial charge in [0.2, 0.25) is 0 Å². The average molecular weight is 348 g/mol. The molecule has 0 saturated carbocycles. The molecule has 25 heavy (non-hydrogen) atoms. The van der Waals surface area contributed by atoms with Gasteiger partial charge in [-0.1, -0.05) is 36.4 Å². The van der Waals surface area contributed by atoms with Crippen molar-refractivity contribution in [2.24, 2.45) is 5.92 Å². The Morgan fingerprint density at radius 1 is 0.960 bits per heavy atom. The molecule has 3 nitrogen and oxygen atoms in total. The molecule has 3 N–H and O–H groups in total. The summed E-state index contributed by atoms with van der Waals surface area (Å²) in [6.07, 6.45) is 2.00. The van der Waals surface area contributed by atoms with Gasteiger partial charge in [-0.2, -0.15) is 0 Å². The first-order valence-electron chi connectivity index (χ1n) is 8.72. The SMILES string of the molecule is Oc1cccc(Cc2ccc(C3NNC4c5ccsc5CC34)cc2)c1. The summed E-state index contributed by atoms with van der Waals surface area (Å²) in [6, 6.07) is 19.5. The van der Waals surface area contributed by atoms with Gasteiger partial charge in [-0.3, -0.25) is 0 Å². The van der Waals surface area contributed by atoms with E-state index in [9.17, 15) is 5.11 Å². The van der Waals surface area contributed by atoms with Gasteiger partial charge in [0.05, 0.1) is 12.1 Å². The lowest BCUT2D eigenvalue weighted by atomic mass is 9.89. The lowest BCUT2D eigenvalue weighted by Crippen LogP contribution is -2.27. The molecule has 0 spiro atoms. The van der Waals surface area contributed by atoms with E-state index >= 15 is 0 Å². The van der Waals surface area contributed by atoms with Gasteiger partial charge in [0.1, 0.15) is 5.75 Å². The van der Waals surface area contributed by atoms with Gasteiger partial charge in [-0.15, -0.1) is 11.3 Å². The second-order valence-corrected chi connectivity index (χ2v) is 8.00. The third-order valence-electron chi connectivity index (χ3n) is 5.44. The van der Waals surface area contributed by atoms with E-state index < -0.39 is 0 Å². The lowest BCUT2D eigenvalue weighted by Gasteiger charge is -2.18. The summed E-state index contributed by atoms with van der Waals surface area (Å²) in [5, 5.41) is 11.8. The highest BCUT2D eigenvalue weighted by Crippen LogP contribution is 2.47. The Hall–Kier alpha value is -2.14. The molecule has 126 valence electrons. The van der Waals surface area contributed by atoms with Crippen LogP contribution in [0, 0.1) is 5.92 Å². The van der Waals surface area contributed by atoms with Crippen LogP contribution in [0.5, 0.6) is 5.75 Å². The van der Waals surface area contributed by atoms with Gasteiger partial charge in [0, 0.05) is 10.8 Å². The minimum absolute atomic E-state index is 0.329. The zero-order chi connectivity index (χ0) is 16.8. The van der Waals surface area contributed by atoms with E-state index in [1.165, 1.54) is 21.6 Å². The van der Waals surface area contributed by atoms with E-state index in [1.807, 2.05) is 23.5 Å². The van der Waals surface area contributed by atoms with Gasteiger partial charge in [-0.05, 0) is 58.7 Å². The van der Waals surface area contributed by atoms with E-state index in [0.29, 0.717) is 23.8 Å². The molecular weight excluding hydrogens is 328 g/mol. The highest BCUT2D eigenvalue weighted by Gasteiger charge is 2.43. The molecule has 0 amide bonds. The van der Waals surface area contributed by atoms with E-state index in [0.717, 1.165) is 18.4 Å². The molecule has 0 radical (unpaired) electrons. The number of hydrogen-bond acceptors (Lipinski definition) is 4. The van der Waals surface area contributed by atoms with E-state index in [4.69, 9.17) is 0 Å². The van der Waals surface area contributed by atoms with Crippen LogP contribution in [0.4, 0.5) is 0 Å². The maximum Gasteiger partial charge on any atom is 0.115 e. The van der Waals surface area contributed by atoms with Crippen LogP contribution in [-0.4, -0.2) is 5.11 Å². The van der Waals surface area contributed by atoms with Crippen molar-refractivity contribution in [3.8, 4) is 5.75 Å². The fourth-order valence-electron chi connectivity index (χ4n) is 4.21. The molecule has 4 heteroatoms. The molecule has 1 aromatic heterocycles. The Morgan fingerprint density at radius 2 is 1.80 bits per heavy atom. The summed E-state index contributed by atoms with van der Waals surface area (Å²) >= 11 is 1.88. The molecule has 3 aromatic rings. The topological polar surface area (TPSA) is 44.3 Å². The van der Waals surface area contributed by atoms with Gasteiger partial charge in [-0.25, -0.2) is 10.9 Å². The maximum atomic E-state index is 9.61. The number of hydrogen-bond donors (Lipinski definition) is 3. The third kappa shape index (κ3) is 2.67. The summed E-state index contributed by atoms with van der Waals surface area (Å²) in [6.45, 7) is 0. The molecule has 1 aliphatic carbocycles. The molecule has 2 heterocycles. The van der Waals surface area contributed by atoms with E-state index in [2.05, 4.69) is 52.6 Å². The predicted molar refractivity (Wildman–Crippen MR) is 101 cm³/mol. The minimum atomic E-state index is 0.329. The molecule has 3 unspecified atom stereocenters. The normalized spacial score (nSPS) is 24.2. The van der Waals surface area contributed by atoms with Gasteiger partial charge < -0.3 is 5.11 Å². The minimum Gasteiger partial charge on any atom is -0.508 e. The van der Waals surface area contributed by atoms with Crippen LogP contribution in [0.15, 0.2) is 60.0 Å². The quantitative estimate of drug-likeness (QED) is 0.667. The van der Waals surface area contributed by atoms with Crippen molar-refractivity contribution in [3.05, 3.63) is 87.1 Å². The lowest BCUT2D eigenvalue weighted by molar-refractivity contribution is 0.456. The van der Waals surface area contributed by atoms with Gasteiger partial charge >= 0.3 is 0 Å². The summed E-state index contributed by atoms with van der Waals surface area (Å²) < 4.78 is 0. The first kappa shape index (κ1) is 15.1. The highest BCUT2D eigenvalue weighted by atomic mass is 32.1. The van der Waals surface area contributed by atoms with Gasteiger partial charge in [0.25, 0.3) is 0 Å². The zero-order valence-corrected chi connectivity index (χ0v) is 14.6. The summed E-state index contributed by atoms with van der Waals surface area (Å²) in [5.41, 5.74) is 12.2. The standard InChI is InChI=1S/C21H20N2OS/c24-16-3-1-2-14(11-16)10-13-4-6-15(7-5-13)20-18-12-19-17(8-9-25-19)21(18)23-22-20/h1-9,11,18,20-24H,10,12H2.